The third-order valence-corrected chi connectivity index (χ3v) is 3.24. The Bertz CT molecular complexity index is 200. The number of piperidine rings is 1. The molecule has 0 unspecified atom stereocenters. The Morgan fingerprint density at radius 1 is 1.44 bits per heavy atom. The predicted molar refractivity (Wildman–Crippen MR) is 66.1 cm³/mol. The van der Waals surface area contributed by atoms with Gasteiger partial charge >= 0.3 is 0 Å². The zero-order chi connectivity index (χ0) is 11.8. The lowest BCUT2D eigenvalue weighted by Gasteiger charge is -2.31. The van der Waals surface area contributed by atoms with Gasteiger partial charge in [0, 0.05) is 13.0 Å². The molecule has 4 nitrogen and oxygen atoms in total. The molecular weight excluding hydrogens is 202 g/mol. The molecule has 1 aliphatic heterocycles. The molecule has 1 saturated heterocycles. The van der Waals surface area contributed by atoms with Crippen LogP contribution in [0.2, 0.25) is 0 Å². The standard InChI is InChI=1S/C12H25N3O/c1-2-6-14-10-11-3-7-15(8-4-11)9-5-12(13)16/h11,14H,2-10H2,1H3,(H2,13,16). The number of nitrogens with two attached hydrogens (primary N) is 1. The number of likely N-dealkylation sites (tertiary alicyclic amines) is 1. The number of hydrogen-bond donors (Lipinski definition) is 2. The highest BCUT2D eigenvalue weighted by molar-refractivity contribution is 5.73. The number of carbonyl (C=O) groups excluding carboxylic acids is 1. The first kappa shape index (κ1) is 13.5. The quantitative estimate of drug-likeness (QED) is 0.625. The minimum Gasteiger partial charge on any atom is -0.370 e. The number of carbonyl (C=O) groups is 1. The number of nitrogens with zero attached hydrogens (tertiary/aromatic N) is 1. The van der Waals surface area contributed by atoms with Crippen LogP contribution in [0.15, 0.2) is 0 Å². The Kier molecular flexibility index (Phi) is 6.42. The molecule has 1 fully saturated rings. The van der Waals surface area contributed by atoms with Gasteiger partial charge in [-0.05, 0) is 51.4 Å². The summed E-state index contributed by atoms with van der Waals surface area (Å²) in [5.74, 6) is 0.628. The summed E-state index contributed by atoms with van der Waals surface area (Å²) >= 11 is 0. The smallest absolute Gasteiger partial charge is 0.218 e. The van der Waals surface area contributed by atoms with Crippen LogP contribution >= 0.6 is 0 Å². The monoisotopic (exact) mass is 227 g/mol. The summed E-state index contributed by atoms with van der Waals surface area (Å²) in [6.07, 6.45) is 4.20. The molecular formula is C12H25N3O. The third kappa shape index (κ3) is 5.47. The normalized spacial score (nSPS) is 18.8. The van der Waals surface area contributed by atoms with E-state index in [0.717, 1.165) is 38.6 Å². The van der Waals surface area contributed by atoms with Gasteiger partial charge in [0.15, 0.2) is 0 Å². The van der Waals surface area contributed by atoms with Crippen molar-refractivity contribution in [2.45, 2.75) is 32.6 Å². The van der Waals surface area contributed by atoms with E-state index in [2.05, 4.69) is 17.1 Å². The maximum Gasteiger partial charge on any atom is 0.218 e. The summed E-state index contributed by atoms with van der Waals surface area (Å²) in [5, 5.41) is 3.48. The number of primary amides is 1. The van der Waals surface area contributed by atoms with Crippen LogP contribution in [0.1, 0.15) is 32.6 Å². The second-order valence-electron chi connectivity index (χ2n) is 4.71. The summed E-state index contributed by atoms with van der Waals surface area (Å²) in [4.78, 5) is 13.0. The second-order valence-corrected chi connectivity index (χ2v) is 4.71. The van der Waals surface area contributed by atoms with Crippen molar-refractivity contribution in [3.05, 3.63) is 0 Å². The largest absolute Gasteiger partial charge is 0.370 e. The summed E-state index contributed by atoms with van der Waals surface area (Å²) < 4.78 is 0. The van der Waals surface area contributed by atoms with E-state index in [9.17, 15) is 4.79 Å². The van der Waals surface area contributed by atoms with E-state index in [0.29, 0.717) is 6.42 Å². The molecule has 0 spiro atoms. The minimum absolute atomic E-state index is 0.188. The highest BCUT2D eigenvalue weighted by Crippen LogP contribution is 2.16. The van der Waals surface area contributed by atoms with E-state index in [4.69, 9.17) is 5.73 Å². The molecule has 94 valence electrons. The Labute approximate surface area is 98.6 Å². The van der Waals surface area contributed by atoms with Gasteiger partial charge in [-0.1, -0.05) is 6.92 Å². The maximum atomic E-state index is 10.7. The Morgan fingerprint density at radius 2 is 2.12 bits per heavy atom. The lowest BCUT2D eigenvalue weighted by atomic mass is 9.96. The topological polar surface area (TPSA) is 58.4 Å². The highest BCUT2D eigenvalue weighted by Gasteiger charge is 2.18. The first-order chi connectivity index (χ1) is 7.72. The van der Waals surface area contributed by atoms with Crippen molar-refractivity contribution >= 4 is 5.91 Å². The van der Waals surface area contributed by atoms with Gasteiger partial charge in [-0.15, -0.1) is 0 Å². The van der Waals surface area contributed by atoms with Crippen molar-refractivity contribution in [3.8, 4) is 0 Å². The van der Waals surface area contributed by atoms with Gasteiger partial charge in [0.1, 0.15) is 0 Å². The fourth-order valence-electron chi connectivity index (χ4n) is 2.17. The number of hydrogen-bond acceptors (Lipinski definition) is 3. The highest BCUT2D eigenvalue weighted by atomic mass is 16.1. The third-order valence-electron chi connectivity index (χ3n) is 3.24. The fourth-order valence-corrected chi connectivity index (χ4v) is 2.17. The van der Waals surface area contributed by atoms with Crippen molar-refractivity contribution in [2.75, 3.05) is 32.7 Å². The average molecular weight is 227 g/mol. The first-order valence-corrected chi connectivity index (χ1v) is 6.43. The van der Waals surface area contributed by atoms with Crippen molar-refractivity contribution in [3.63, 3.8) is 0 Å². The van der Waals surface area contributed by atoms with Crippen molar-refractivity contribution < 1.29 is 4.79 Å². The molecule has 0 bridgehead atoms. The van der Waals surface area contributed by atoms with Gasteiger partial charge in [0.25, 0.3) is 0 Å². The molecule has 0 aromatic carbocycles. The van der Waals surface area contributed by atoms with Gasteiger partial charge in [-0.25, -0.2) is 0 Å². The number of amides is 1. The summed E-state index contributed by atoms with van der Waals surface area (Å²) in [6.45, 7) is 7.54. The molecule has 3 N–H and O–H groups in total. The van der Waals surface area contributed by atoms with E-state index in [1.807, 2.05) is 0 Å². The van der Waals surface area contributed by atoms with Gasteiger partial charge in [0.2, 0.25) is 5.91 Å². The second kappa shape index (κ2) is 7.63. The van der Waals surface area contributed by atoms with E-state index in [-0.39, 0.29) is 5.91 Å². The van der Waals surface area contributed by atoms with Crippen LogP contribution < -0.4 is 11.1 Å². The zero-order valence-electron chi connectivity index (χ0n) is 10.4. The van der Waals surface area contributed by atoms with E-state index >= 15 is 0 Å². The van der Waals surface area contributed by atoms with Crippen LogP contribution in [-0.2, 0) is 4.79 Å². The molecule has 1 heterocycles. The molecule has 0 aliphatic carbocycles. The van der Waals surface area contributed by atoms with Crippen LogP contribution in [0, 0.1) is 5.92 Å². The van der Waals surface area contributed by atoms with Gasteiger partial charge < -0.3 is 16.0 Å². The lowest BCUT2D eigenvalue weighted by molar-refractivity contribution is -0.118. The van der Waals surface area contributed by atoms with Gasteiger partial charge in [-0.2, -0.15) is 0 Å². The van der Waals surface area contributed by atoms with Crippen LogP contribution in [0.4, 0.5) is 0 Å². The predicted octanol–water partition coefficient (Wildman–Crippen LogP) is 0.573. The van der Waals surface area contributed by atoms with Gasteiger partial charge in [-0.3, -0.25) is 4.79 Å². The summed E-state index contributed by atoms with van der Waals surface area (Å²) in [5.41, 5.74) is 5.14. The Morgan fingerprint density at radius 3 is 2.69 bits per heavy atom. The maximum absolute atomic E-state index is 10.7. The Balaban J connectivity index is 2.06. The lowest BCUT2D eigenvalue weighted by Crippen LogP contribution is -2.38. The average Bonchev–Trinajstić information content (AvgIpc) is 2.28. The molecule has 1 amide bonds. The fraction of sp³-hybridized carbons (Fsp3) is 0.917. The van der Waals surface area contributed by atoms with Crippen LogP contribution in [0.3, 0.4) is 0 Å². The Hall–Kier alpha value is -0.610. The SMILES string of the molecule is CCCNCC1CCN(CCC(N)=O)CC1. The summed E-state index contributed by atoms with van der Waals surface area (Å²) in [6, 6.07) is 0. The van der Waals surface area contributed by atoms with E-state index in [1.165, 1.54) is 19.3 Å². The number of rotatable bonds is 7. The van der Waals surface area contributed by atoms with Crippen molar-refractivity contribution in [2.24, 2.45) is 11.7 Å². The molecule has 0 saturated carbocycles. The number of nitrogens with one attached hydrogen (secondary N) is 1. The van der Waals surface area contributed by atoms with Crippen LogP contribution in [0.5, 0.6) is 0 Å². The molecule has 0 radical (unpaired) electrons. The first-order valence-electron chi connectivity index (χ1n) is 6.43. The molecule has 0 aromatic heterocycles. The minimum atomic E-state index is -0.188. The molecule has 1 rings (SSSR count). The van der Waals surface area contributed by atoms with Crippen molar-refractivity contribution in [1.82, 2.24) is 10.2 Å². The molecule has 1 aliphatic rings. The van der Waals surface area contributed by atoms with Crippen LogP contribution in [-0.4, -0.2) is 43.5 Å². The zero-order valence-corrected chi connectivity index (χ0v) is 10.4. The molecule has 0 aromatic rings. The van der Waals surface area contributed by atoms with E-state index in [1.54, 1.807) is 0 Å². The molecule has 0 atom stereocenters. The summed E-state index contributed by atoms with van der Waals surface area (Å²) in [7, 11) is 0. The van der Waals surface area contributed by atoms with Gasteiger partial charge in [0.05, 0.1) is 0 Å². The molecule has 4 heteroatoms. The van der Waals surface area contributed by atoms with Crippen molar-refractivity contribution in [1.29, 1.82) is 0 Å². The van der Waals surface area contributed by atoms with Crippen LogP contribution in [0.25, 0.3) is 0 Å². The van der Waals surface area contributed by atoms with E-state index < -0.39 is 0 Å². The molecule has 16 heavy (non-hydrogen) atoms.